The molecule has 1 aromatic carbocycles. The number of aromatic nitrogens is 2. The molecule has 1 amide bonds. The van der Waals surface area contributed by atoms with Gasteiger partial charge in [-0.05, 0) is 46.7 Å². The van der Waals surface area contributed by atoms with Gasteiger partial charge in [-0.1, -0.05) is 6.07 Å². The zero-order valence-electron chi connectivity index (χ0n) is 15.9. The highest BCUT2D eigenvalue weighted by Crippen LogP contribution is 2.43. The summed E-state index contributed by atoms with van der Waals surface area (Å²) >= 11 is 2.65. The lowest BCUT2D eigenvalue weighted by Crippen LogP contribution is -2.12. The molecule has 0 aliphatic rings. The Balaban J connectivity index is 1.66. The van der Waals surface area contributed by atoms with Crippen molar-refractivity contribution in [3.05, 3.63) is 63.8 Å². The van der Waals surface area contributed by atoms with E-state index in [0.717, 1.165) is 27.8 Å². The highest BCUT2D eigenvalue weighted by Gasteiger charge is 2.24. The van der Waals surface area contributed by atoms with Crippen molar-refractivity contribution in [1.29, 1.82) is 5.26 Å². The van der Waals surface area contributed by atoms with Gasteiger partial charge in [0.2, 0.25) is 0 Å². The minimum Gasteiger partial charge on any atom is -0.397 e. The van der Waals surface area contributed by atoms with Gasteiger partial charge < -0.3 is 16.8 Å². The molecular formula is C22H14N6OS2. The number of amides is 1. The first-order valence-electron chi connectivity index (χ1n) is 9.17. The number of nitriles is 1. The number of nitrogens with one attached hydrogen (secondary N) is 1. The molecule has 0 atom stereocenters. The number of benzene rings is 1. The summed E-state index contributed by atoms with van der Waals surface area (Å²) in [7, 11) is 0. The number of thiophene rings is 2. The van der Waals surface area contributed by atoms with Gasteiger partial charge in [0.05, 0.1) is 16.9 Å². The van der Waals surface area contributed by atoms with Crippen LogP contribution in [0.4, 0.5) is 17.2 Å². The predicted octanol–water partition coefficient (Wildman–Crippen LogP) is 4.86. The fourth-order valence-electron chi connectivity index (χ4n) is 3.54. The Morgan fingerprint density at radius 2 is 2.03 bits per heavy atom. The third-order valence-corrected chi connectivity index (χ3v) is 6.71. The lowest BCUT2D eigenvalue weighted by molar-refractivity contribution is 0.103. The number of nitrogens with zero attached hydrogens (tertiary/aromatic N) is 3. The van der Waals surface area contributed by atoms with E-state index in [-0.39, 0.29) is 23.0 Å². The van der Waals surface area contributed by atoms with Crippen molar-refractivity contribution in [2.45, 2.75) is 0 Å². The second kappa shape index (κ2) is 7.36. The van der Waals surface area contributed by atoms with E-state index in [4.69, 9.17) is 11.5 Å². The van der Waals surface area contributed by atoms with Crippen LogP contribution in [0.2, 0.25) is 0 Å². The molecule has 7 nitrogen and oxygen atoms in total. The Bertz CT molecular complexity index is 1510. The largest absolute Gasteiger partial charge is 0.397 e. The van der Waals surface area contributed by atoms with Gasteiger partial charge in [-0.25, -0.2) is 4.98 Å². The van der Waals surface area contributed by atoms with E-state index >= 15 is 0 Å². The number of carbonyl (C=O) groups excluding carboxylic acids is 1. The molecule has 0 fully saturated rings. The molecule has 5 N–H and O–H groups in total. The van der Waals surface area contributed by atoms with E-state index in [1.54, 1.807) is 6.20 Å². The molecule has 0 unspecified atom stereocenters. The lowest BCUT2D eigenvalue weighted by atomic mass is 9.99. The maximum atomic E-state index is 13.2. The average Bonchev–Trinajstić information content (AvgIpc) is 3.41. The summed E-state index contributed by atoms with van der Waals surface area (Å²) in [5.74, 6) is -0.241. The number of pyridine rings is 2. The van der Waals surface area contributed by atoms with Crippen LogP contribution >= 0.6 is 22.7 Å². The van der Waals surface area contributed by atoms with E-state index in [1.165, 1.54) is 11.3 Å². The summed E-state index contributed by atoms with van der Waals surface area (Å²) in [6.45, 7) is 0. The average molecular weight is 443 g/mol. The molecule has 9 heteroatoms. The molecule has 0 aliphatic heterocycles. The summed E-state index contributed by atoms with van der Waals surface area (Å²) in [4.78, 5) is 22.7. The zero-order chi connectivity index (χ0) is 21.5. The van der Waals surface area contributed by atoms with E-state index in [2.05, 4.69) is 21.4 Å². The first-order valence-corrected chi connectivity index (χ1v) is 10.9. The summed E-state index contributed by atoms with van der Waals surface area (Å²) in [5, 5.41) is 17.8. The Morgan fingerprint density at radius 3 is 2.81 bits per heavy atom. The van der Waals surface area contributed by atoms with Crippen LogP contribution in [0.15, 0.2) is 53.4 Å². The number of rotatable bonds is 3. The Hall–Kier alpha value is -4.00. The topological polar surface area (TPSA) is 131 Å². The molecule has 5 rings (SSSR count). The van der Waals surface area contributed by atoms with Crippen LogP contribution in [0.5, 0.6) is 0 Å². The van der Waals surface area contributed by atoms with Gasteiger partial charge in [-0.2, -0.15) is 16.6 Å². The molecule has 0 saturated heterocycles. The summed E-state index contributed by atoms with van der Waals surface area (Å²) in [5.41, 5.74) is 15.9. The maximum Gasteiger partial charge on any atom is 0.267 e. The van der Waals surface area contributed by atoms with Gasteiger partial charge in [0.15, 0.2) is 0 Å². The summed E-state index contributed by atoms with van der Waals surface area (Å²) in [6.07, 6.45) is 1.70. The molecule has 4 heterocycles. The van der Waals surface area contributed by atoms with E-state index in [0.29, 0.717) is 26.3 Å². The van der Waals surface area contributed by atoms with Gasteiger partial charge in [0.25, 0.3) is 5.91 Å². The molecule has 0 bridgehead atoms. The van der Waals surface area contributed by atoms with Crippen molar-refractivity contribution in [1.82, 2.24) is 9.97 Å². The number of anilines is 3. The number of hydrogen-bond acceptors (Lipinski definition) is 8. The number of hydrogen-bond donors (Lipinski definition) is 3. The zero-order valence-corrected chi connectivity index (χ0v) is 17.6. The van der Waals surface area contributed by atoms with Crippen LogP contribution in [0.3, 0.4) is 0 Å². The third-order valence-electron chi connectivity index (χ3n) is 4.93. The van der Waals surface area contributed by atoms with Crippen molar-refractivity contribution < 1.29 is 4.79 Å². The van der Waals surface area contributed by atoms with Crippen molar-refractivity contribution in [2.75, 3.05) is 16.8 Å². The van der Waals surface area contributed by atoms with Crippen molar-refractivity contribution in [2.24, 2.45) is 0 Å². The van der Waals surface area contributed by atoms with Crippen LogP contribution in [0.25, 0.3) is 32.2 Å². The van der Waals surface area contributed by atoms with Crippen molar-refractivity contribution in [3.8, 4) is 17.2 Å². The van der Waals surface area contributed by atoms with Crippen molar-refractivity contribution in [3.63, 3.8) is 0 Å². The van der Waals surface area contributed by atoms with Crippen LogP contribution < -0.4 is 16.8 Å². The van der Waals surface area contributed by atoms with Crippen LogP contribution in [0, 0.1) is 11.3 Å². The fourth-order valence-corrected chi connectivity index (χ4v) is 5.19. The lowest BCUT2D eigenvalue weighted by Gasteiger charge is -2.09. The van der Waals surface area contributed by atoms with Gasteiger partial charge in [0, 0.05) is 22.5 Å². The molecule has 0 saturated carbocycles. The highest BCUT2D eigenvalue weighted by molar-refractivity contribution is 7.21. The summed E-state index contributed by atoms with van der Waals surface area (Å²) in [6, 6.07) is 13.2. The monoisotopic (exact) mass is 442 g/mol. The SMILES string of the molecule is N#Cc1c(N)nc2sc(C(=O)Nc3cccc4ncccc34)c(N)c2c1-c1ccsc1. The quantitative estimate of drug-likeness (QED) is 0.366. The number of fused-ring (bicyclic) bond motifs is 2. The summed E-state index contributed by atoms with van der Waals surface area (Å²) < 4.78 is 0. The van der Waals surface area contributed by atoms with Crippen LogP contribution in [-0.4, -0.2) is 15.9 Å². The van der Waals surface area contributed by atoms with Crippen LogP contribution in [-0.2, 0) is 0 Å². The molecule has 31 heavy (non-hydrogen) atoms. The minimum atomic E-state index is -0.356. The highest BCUT2D eigenvalue weighted by atomic mass is 32.1. The first-order chi connectivity index (χ1) is 15.1. The van der Waals surface area contributed by atoms with E-state index < -0.39 is 0 Å². The Morgan fingerprint density at radius 1 is 1.16 bits per heavy atom. The smallest absolute Gasteiger partial charge is 0.267 e. The molecule has 150 valence electrons. The van der Waals surface area contributed by atoms with E-state index in [9.17, 15) is 10.1 Å². The standard InChI is InChI=1S/C22H14N6OS2/c23-9-13-16(11-6-8-30-10-11)17-18(24)19(31-22(17)28-20(13)25)21(29)27-15-5-1-4-14-12(15)3-2-7-26-14/h1-8,10H,24H2,(H2,25,28)(H,27,29). The third kappa shape index (κ3) is 3.06. The molecule has 0 aliphatic carbocycles. The maximum absolute atomic E-state index is 13.2. The van der Waals surface area contributed by atoms with E-state index in [1.807, 2.05) is 47.2 Å². The van der Waals surface area contributed by atoms with Crippen LogP contribution in [0.1, 0.15) is 15.2 Å². The van der Waals surface area contributed by atoms with Gasteiger partial charge in [-0.3, -0.25) is 9.78 Å². The predicted molar refractivity (Wildman–Crippen MR) is 126 cm³/mol. The number of carbonyl (C=O) groups is 1. The molecular weight excluding hydrogens is 428 g/mol. The van der Waals surface area contributed by atoms with Gasteiger partial charge in [-0.15, -0.1) is 11.3 Å². The normalized spacial score (nSPS) is 10.9. The van der Waals surface area contributed by atoms with Gasteiger partial charge >= 0.3 is 0 Å². The van der Waals surface area contributed by atoms with Crippen molar-refractivity contribution >= 4 is 66.9 Å². The second-order valence-electron chi connectivity index (χ2n) is 6.73. The van der Waals surface area contributed by atoms with Gasteiger partial charge in [0.1, 0.15) is 27.2 Å². The number of nitrogens with two attached hydrogens (primary N) is 2. The minimum absolute atomic E-state index is 0.115. The molecule has 4 aromatic heterocycles. The Labute approximate surface area is 184 Å². The fraction of sp³-hybridized carbons (Fsp3) is 0. The number of nitrogen functional groups attached to an aromatic ring is 2. The molecule has 5 aromatic rings. The molecule has 0 spiro atoms. The molecule has 0 radical (unpaired) electrons. The second-order valence-corrected chi connectivity index (χ2v) is 8.50. The Kier molecular flexibility index (Phi) is 4.51. The first kappa shape index (κ1) is 19.0.